The van der Waals surface area contributed by atoms with E-state index >= 15 is 0 Å². The molecule has 0 aliphatic carbocycles. The van der Waals surface area contributed by atoms with Crippen LogP contribution in [0.1, 0.15) is 24.2 Å². The molecule has 1 amide bonds. The van der Waals surface area contributed by atoms with E-state index in [2.05, 4.69) is 20.6 Å². The van der Waals surface area contributed by atoms with E-state index in [1.54, 1.807) is 24.4 Å². The summed E-state index contributed by atoms with van der Waals surface area (Å²) in [5.41, 5.74) is 1.83. The molecule has 0 unspecified atom stereocenters. The van der Waals surface area contributed by atoms with Gasteiger partial charge in [-0.3, -0.25) is 4.79 Å². The molecule has 2 aromatic heterocycles. The number of aromatic nitrogens is 2. The highest BCUT2D eigenvalue weighted by molar-refractivity contribution is 7.17. The van der Waals surface area contributed by atoms with E-state index in [1.165, 1.54) is 24.6 Å². The number of carbonyl (C=O) groups excluding carboxylic acids is 2. The topological polar surface area (TPSA) is 93.2 Å². The lowest BCUT2D eigenvalue weighted by atomic mass is 10.2. The van der Waals surface area contributed by atoms with Gasteiger partial charge in [-0.15, -0.1) is 11.3 Å². The molecule has 0 radical (unpaired) electrons. The normalized spacial score (nSPS) is 10.5. The second kappa shape index (κ2) is 7.27. The van der Waals surface area contributed by atoms with Crippen LogP contribution in [0.15, 0.2) is 36.0 Å². The quantitative estimate of drug-likeness (QED) is 0.679. The predicted molar refractivity (Wildman–Crippen MR) is 97.4 cm³/mol. The maximum absolute atomic E-state index is 12.2. The minimum atomic E-state index is -0.404. The molecule has 0 aliphatic heterocycles. The van der Waals surface area contributed by atoms with E-state index in [0.29, 0.717) is 33.9 Å². The summed E-state index contributed by atoms with van der Waals surface area (Å²) in [7, 11) is 0. The number of hydrogen-bond donors (Lipinski definition) is 2. The van der Waals surface area contributed by atoms with Gasteiger partial charge in [-0.25, -0.2) is 14.8 Å². The SMILES string of the molecule is CCOC(=O)c1csc2ncnc(Nc3cccc(NC(C)=O)c3)c12. The highest BCUT2D eigenvalue weighted by atomic mass is 32.1. The summed E-state index contributed by atoms with van der Waals surface area (Å²) in [6.07, 6.45) is 1.44. The third-order valence-electron chi connectivity index (χ3n) is 3.31. The standard InChI is InChI=1S/C17H16N4O3S/c1-3-24-17(23)13-8-25-16-14(13)15(18-9-19-16)21-12-6-4-5-11(7-12)20-10(2)22/h4-9H,3H2,1-2H3,(H,20,22)(H,18,19,21). The average Bonchev–Trinajstić information content (AvgIpc) is 3.00. The number of thiophene rings is 1. The van der Waals surface area contributed by atoms with Crippen LogP contribution >= 0.6 is 11.3 Å². The molecule has 0 bridgehead atoms. The summed E-state index contributed by atoms with van der Waals surface area (Å²) in [5.74, 6) is -0.0446. The fourth-order valence-corrected chi connectivity index (χ4v) is 3.22. The van der Waals surface area contributed by atoms with Crippen molar-refractivity contribution in [2.45, 2.75) is 13.8 Å². The molecule has 0 saturated heterocycles. The number of carbonyl (C=O) groups is 2. The first-order chi connectivity index (χ1) is 12.1. The van der Waals surface area contributed by atoms with E-state index in [0.717, 1.165) is 5.69 Å². The van der Waals surface area contributed by atoms with Crippen molar-refractivity contribution in [1.82, 2.24) is 9.97 Å². The van der Waals surface area contributed by atoms with Crippen molar-refractivity contribution in [3.63, 3.8) is 0 Å². The van der Waals surface area contributed by atoms with Crippen molar-refractivity contribution in [3.8, 4) is 0 Å². The Hall–Kier alpha value is -3.00. The van der Waals surface area contributed by atoms with Gasteiger partial charge in [0, 0.05) is 23.7 Å². The van der Waals surface area contributed by atoms with Gasteiger partial charge in [-0.2, -0.15) is 0 Å². The molecule has 3 aromatic rings. The first kappa shape index (κ1) is 16.8. The van der Waals surface area contributed by atoms with Crippen LogP contribution in [0.3, 0.4) is 0 Å². The number of rotatable bonds is 5. The summed E-state index contributed by atoms with van der Waals surface area (Å²) in [6.45, 7) is 3.51. The van der Waals surface area contributed by atoms with Crippen molar-refractivity contribution in [2.24, 2.45) is 0 Å². The van der Waals surface area contributed by atoms with Crippen molar-refractivity contribution < 1.29 is 14.3 Å². The van der Waals surface area contributed by atoms with Crippen LogP contribution in [-0.4, -0.2) is 28.5 Å². The summed E-state index contributed by atoms with van der Waals surface area (Å²) >= 11 is 1.36. The van der Waals surface area contributed by atoms with Gasteiger partial charge in [0.05, 0.1) is 17.6 Å². The number of ether oxygens (including phenoxy) is 1. The number of amides is 1. The second-order valence-corrected chi connectivity index (χ2v) is 6.02. The molecule has 0 fully saturated rings. The van der Waals surface area contributed by atoms with Crippen molar-refractivity contribution >= 4 is 50.6 Å². The van der Waals surface area contributed by atoms with Crippen molar-refractivity contribution in [2.75, 3.05) is 17.2 Å². The number of benzene rings is 1. The molecule has 25 heavy (non-hydrogen) atoms. The van der Waals surface area contributed by atoms with Crippen LogP contribution in [0, 0.1) is 0 Å². The van der Waals surface area contributed by atoms with Gasteiger partial charge in [0.15, 0.2) is 0 Å². The van der Waals surface area contributed by atoms with Crippen LogP contribution in [0.2, 0.25) is 0 Å². The van der Waals surface area contributed by atoms with Crippen LogP contribution in [0.5, 0.6) is 0 Å². The molecule has 1 aromatic carbocycles. The smallest absolute Gasteiger partial charge is 0.339 e. The predicted octanol–water partition coefficient (Wildman–Crippen LogP) is 3.57. The van der Waals surface area contributed by atoms with E-state index < -0.39 is 5.97 Å². The van der Waals surface area contributed by atoms with E-state index in [1.807, 2.05) is 12.1 Å². The number of fused-ring (bicyclic) bond motifs is 1. The molecule has 0 atom stereocenters. The second-order valence-electron chi connectivity index (χ2n) is 5.16. The summed E-state index contributed by atoms with van der Waals surface area (Å²) in [5, 5.41) is 8.25. The van der Waals surface area contributed by atoms with Crippen LogP contribution in [0.4, 0.5) is 17.2 Å². The summed E-state index contributed by atoms with van der Waals surface area (Å²) < 4.78 is 5.10. The van der Waals surface area contributed by atoms with Gasteiger partial charge in [-0.1, -0.05) is 6.07 Å². The van der Waals surface area contributed by atoms with E-state index in [9.17, 15) is 9.59 Å². The molecule has 3 rings (SSSR count). The lowest BCUT2D eigenvalue weighted by Crippen LogP contribution is -2.06. The van der Waals surface area contributed by atoms with Gasteiger partial charge in [0.2, 0.25) is 5.91 Å². The van der Waals surface area contributed by atoms with Crippen LogP contribution in [0.25, 0.3) is 10.2 Å². The molecule has 0 saturated carbocycles. The molecule has 2 N–H and O–H groups in total. The lowest BCUT2D eigenvalue weighted by molar-refractivity contribution is -0.114. The average molecular weight is 356 g/mol. The molecule has 0 aliphatic rings. The third kappa shape index (κ3) is 3.74. The Bertz CT molecular complexity index is 939. The molecule has 8 heteroatoms. The molecule has 0 spiro atoms. The highest BCUT2D eigenvalue weighted by Gasteiger charge is 2.18. The first-order valence-corrected chi connectivity index (χ1v) is 8.50. The molecule has 2 heterocycles. The van der Waals surface area contributed by atoms with Crippen molar-refractivity contribution in [3.05, 3.63) is 41.5 Å². The van der Waals surface area contributed by atoms with Gasteiger partial charge >= 0.3 is 5.97 Å². The fraction of sp³-hybridized carbons (Fsp3) is 0.176. The Kier molecular flexibility index (Phi) is 4.90. The molecular weight excluding hydrogens is 340 g/mol. The Balaban J connectivity index is 1.97. The monoisotopic (exact) mass is 356 g/mol. The van der Waals surface area contributed by atoms with E-state index in [4.69, 9.17) is 4.74 Å². The zero-order chi connectivity index (χ0) is 17.8. The van der Waals surface area contributed by atoms with Gasteiger partial charge in [0.25, 0.3) is 0 Å². The van der Waals surface area contributed by atoms with Crippen LogP contribution < -0.4 is 10.6 Å². The van der Waals surface area contributed by atoms with Crippen LogP contribution in [-0.2, 0) is 9.53 Å². The van der Waals surface area contributed by atoms with Gasteiger partial charge in [-0.05, 0) is 25.1 Å². The summed E-state index contributed by atoms with van der Waals surface area (Å²) in [4.78, 5) is 32.5. The zero-order valence-corrected chi connectivity index (χ0v) is 14.5. The number of nitrogens with one attached hydrogen (secondary N) is 2. The lowest BCUT2D eigenvalue weighted by Gasteiger charge is -2.10. The van der Waals surface area contributed by atoms with Gasteiger partial charge < -0.3 is 15.4 Å². The number of anilines is 3. The number of nitrogens with zero attached hydrogens (tertiary/aromatic N) is 2. The maximum atomic E-state index is 12.2. The fourth-order valence-electron chi connectivity index (χ4n) is 2.34. The Morgan fingerprint density at radius 2 is 2.04 bits per heavy atom. The first-order valence-electron chi connectivity index (χ1n) is 7.62. The third-order valence-corrected chi connectivity index (χ3v) is 4.20. The zero-order valence-electron chi connectivity index (χ0n) is 13.7. The number of esters is 1. The summed E-state index contributed by atoms with van der Waals surface area (Å²) in [6, 6.07) is 7.23. The highest BCUT2D eigenvalue weighted by Crippen LogP contribution is 2.31. The maximum Gasteiger partial charge on any atom is 0.339 e. The Morgan fingerprint density at radius 1 is 1.24 bits per heavy atom. The Morgan fingerprint density at radius 3 is 2.80 bits per heavy atom. The largest absolute Gasteiger partial charge is 0.462 e. The van der Waals surface area contributed by atoms with Crippen molar-refractivity contribution in [1.29, 1.82) is 0 Å². The Labute approximate surface area is 148 Å². The van der Waals surface area contributed by atoms with E-state index in [-0.39, 0.29) is 5.91 Å². The number of hydrogen-bond acceptors (Lipinski definition) is 7. The van der Waals surface area contributed by atoms with Gasteiger partial charge in [0.1, 0.15) is 17.0 Å². The molecule has 7 nitrogen and oxygen atoms in total. The minimum absolute atomic E-state index is 0.149. The molecule has 128 valence electrons. The molecular formula is C17H16N4O3S. The minimum Gasteiger partial charge on any atom is -0.462 e.